The molecule has 5 nitrogen and oxygen atoms in total. The molecular weight excluding hydrogens is 262 g/mol. The lowest BCUT2D eigenvalue weighted by Gasteiger charge is -2.10. The van der Waals surface area contributed by atoms with Crippen LogP contribution in [0.5, 0.6) is 0 Å². The molecule has 19 heavy (non-hydrogen) atoms. The van der Waals surface area contributed by atoms with E-state index in [1.165, 1.54) is 6.07 Å². The number of primary sulfonamides is 1. The van der Waals surface area contributed by atoms with E-state index in [1.54, 1.807) is 30.3 Å². The quantitative estimate of drug-likeness (QED) is 0.738. The highest BCUT2D eigenvalue weighted by Crippen LogP contribution is 2.20. The van der Waals surface area contributed by atoms with Gasteiger partial charge in [0.1, 0.15) is 4.90 Å². The fraction of sp³-hybridized carbons (Fsp3) is 0.0769. The minimum Gasteiger partial charge on any atom is -0.399 e. The minimum atomic E-state index is -3.73. The number of anilines is 2. The number of nitrogens with two attached hydrogens (primary N) is 2. The highest BCUT2D eigenvalue weighted by molar-refractivity contribution is 7.89. The van der Waals surface area contributed by atoms with Gasteiger partial charge in [0.25, 0.3) is 0 Å². The molecule has 0 heterocycles. The monoisotopic (exact) mass is 277 g/mol. The molecule has 0 bridgehead atoms. The van der Waals surface area contributed by atoms with Gasteiger partial charge in [-0.25, -0.2) is 13.6 Å². The summed E-state index contributed by atoms with van der Waals surface area (Å²) in [7, 11) is -3.73. The lowest BCUT2D eigenvalue weighted by atomic mass is 10.2. The number of hydrogen-bond donors (Lipinski definition) is 3. The van der Waals surface area contributed by atoms with Gasteiger partial charge in [-0.2, -0.15) is 0 Å². The SMILES string of the molecule is Nc1ccc(CNc2ccccc2S(N)(=O)=O)cc1. The third kappa shape index (κ3) is 3.46. The normalized spacial score (nSPS) is 11.2. The van der Waals surface area contributed by atoms with Crippen LogP contribution in [0.15, 0.2) is 53.4 Å². The van der Waals surface area contributed by atoms with Crippen LogP contribution in [0.4, 0.5) is 11.4 Å². The van der Waals surface area contributed by atoms with Crippen molar-refractivity contribution in [1.29, 1.82) is 0 Å². The Labute approximate surface area is 112 Å². The summed E-state index contributed by atoms with van der Waals surface area (Å²) in [6, 6.07) is 13.9. The molecule has 0 radical (unpaired) electrons. The van der Waals surface area contributed by atoms with Crippen molar-refractivity contribution < 1.29 is 8.42 Å². The summed E-state index contributed by atoms with van der Waals surface area (Å²) in [6.45, 7) is 0.493. The van der Waals surface area contributed by atoms with Crippen LogP contribution in [-0.4, -0.2) is 8.42 Å². The molecule has 6 heteroatoms. The van der Waals surface area contributed by atoms with Crippen LogP contribution in [0.2, 0.25) is 0 Å². The molecule has 0 saturated heterocycles. The van der Waals surface area contributed by atoms with Gasteiger partial charge in [0.15, 0.2) is 0 Å². The first-order valence-corrected chi connectivity index (χ1v) is 7.21. The van der Waals surface area contributed by atoms with Gasteiger partial charge in [0.05, 0.1) is 5.69 Å². The first kappa shape index (κ1) is 13.4. The van der Waals surface area contributed by atoms with Crippen LogP contribution in [0.1, 0.15) is 5.56 Å². The Bertz CT molecular complexity index is 667. The van der Waals surface area contributed by atoms with E-state index in [-0.39, 0.29) is 4.90 Å². The minimum absolute atomic E-state index is 0.0884. The van der Waals surface area contributed by atoms with Gasteiger partial charge in [0, 0.05) is 12.2 Å². The molecule has 0 aliphatic rings. The topological polar surface area (TPSA) is 98.2 Å². The van der Waals surface area contributed by atoms with Gasteiger partial charge in [-0.3, -0.25) is 0 Å². The van der Waals surface area contributed by atoms with Crippen molar-refractivity contribution >= 4 is 21.4 Å². The predicted molar refractivity (Wildman–Crippen MR) is 76.0 cm³/mol. The number of nitrogen functional groups attached to an aromatic ring is 1. The van der Waals surface area contributed by atoms with Gasteiger partial charge in [-0.05, 0) is 29.8 Å². The van der Waals surface area contributed by atoms with E-state index >= 15 is 0 Å². The molecule has 0 unspecified atom stereocenters. The number of hydrogen-bond acceptors (Lipinski definition) is 4. The summed E-state index contributed by atoms with van der Waals surface area (Å²) in [6.07, 6.45) is 0. The Kier molecular flexibility index (Phi) is 3.73. The molecular formula is C13H15N3O2S. The first-order valence-electron chi connectivity index (χ1n) is 5.67. The number of rotatable bonds is 4. The van der Waals surface area contributed by atoms with E-state index in [2.05, 4.69) is 5.32 Å². The summed E-state index contributed by atoms with van der Waals surface area (Å²) < 4.78 is 22.9. The maximum atomic E-state index is 11.4. The average molecular weight is 277 g/mol. The van der Waals surface area contributed by atoms with Crippen LogP contribution in [0, 0.1) is 0 Å². The molecule has 0 fully saturated rings. The third-order valence-electron chi connectivity index (χ3n) is 2.66. The average Bonchev–Trinajstić information content (AvgIpc) is 2.37. The van der Waals surface area contributed by atoms with Gasteiger partial charge < -0.3 is 11.1 Å². The molecule has 0 aliphatic carbocycles. The summed E-state index contributed by atoms with van der Waals surface area (Å²) in [4.78, 5) is 0.0884. The third-order valence-corrected chi connectivity index (χ3v) is 3.63. The van der Waals surface area contributed by atoms with Crippen molar-refractivity contribution in [2.24, 2.45) is 5.14 Å². The van der Waals surface area contributed by atoms with Crippen LogP contribution >= 0.6 is 0 Å². The number of sulfonamides is 1. The van der Waals surface area contributed by atoms with Crippen molar-refractivity contribution in [2.75, 3.05) is 11.1 Å². The summed E-state index contributed by atoms with van der Waals surface area (Å²) in [5.41, 5.74) is 7.77. The van der Waals surface area contributed by atoms with E-state index in [0.717, 1.165) is 5.56 Å². The zero-order valence-electron chi connectivity index (χ0n) is 10.2. The maximum Gasteiger partial charge on any atom is 0.240 e. The molecule has 100 valence electrons. The summed E-state index contributed by atoms with van der Waals surface area (Å²) >= 11 is 0. The molecule has 2 rings (SSSR count). The molecule has 0 aliphatic heterocycles. The molecule has 0 aromatic heterocycles. The second-order valence-electron chi connectivity index (χ2n) is 4.14. The van der Waals surface area contributed by atoms with Crippen molar-refractivity contribution in [3.05, 3.63) is 54.1 Å². The Morgan fingerprint density at radius 3 is 2.26 bits per heavy atom. The Morgan fingerprint density at radius 1 is 1.00 bits per heavy atom. The standard InChI is InChI=1S/C13H15N3O2S/c14-11-7-5-10(6-8-11)9-16-12-3-1-2-4-13(12)19(15,17)18/h1-8,16H,9,14H2,(H2,15,17,18). The molecule has 5 N–H and O–H groups in total. The fourth-order valence-corrected chi connectivity index (χ4v) is 2.41. The van der Waals surface area contributed by atoms with E-state index in [4.69, 9.17) is 10.9 Å². The second-order valence-corrected chi connectivity index (χ2v) is 5.67. The van der Waals surface area contributed by atoms with Gasteiger partial charge in [0.2, 0.25) is 10.0 Å². The Balaban J connectivity index is 2.18. The first-order chi connectivity index (χ1) is 8.97. The van der Waals surface area contributed by atoms with E-state index < -0.39 is 10.0 Å². The molecule has 2 aromatic carbocycles. The van der Waals surface area contributed by atoms with Crippen molar-refractivity contribution in [3.63, 3.8) is 0 Å². The van der Waals surface area contributed by atoms with E-state index in [9.17, 15) is 8.42 Å². The van der Waals surface area contributed by atoms with Crippen molar-refractivity contribution in [1.82, 2.24) is 0 Å². The second kappa shape index (κ2) is 5.29. The summed E-state index contributed by atoms with van der Waals surface area (Å²) in [5, 5.41) is 8.22. The van der Waals surface area contributed by atoms with Crippen molar-refractivity contribution in [2.45, 2.75) is 11.4 Å². The molecule has 0 spiro atoms. The summed E-state index contributed by atoms with van der Waals surface area (Å²) in [5.74, 6) is 0. The van der Waals surface area contributed by atoms with Crippen molar-refractivity contribution in [3.8, 4) is 0 Å². The maximum absolute atomic E-state index is 11.4. The zero-order chi connectivity index (χ0) is 13.9. The van der Waals surface area contributed by atoms with Gasteiger partial charge >= 0.3 is 0 Å². The number of nitrogens with one attached hydrogen (secondary N) is 1. The lowest BCUT2D eigenvalue weighted by molar-refractivity contribution is 0.598. The van der Waals surface area contributed by atoms with E-state index in [0.29, 0.717) is 17.9 Å². The molecule has 0 amide bonds. The molecule has 2 aromatic rings. The van der Waals surface area contributed by atoms with Crippen LogP contribution in [0.25, 0.3) is 0 Å². The van der Waals surface area contributed by atoms with Crippen LogP contribution in [-0.2, 0) is 16.6 Å². The zero-order valence-corrected chi connectivity index (χ0v) is 11.0. The number of benzene rings is 2. The van der Waals surface area contributed by atoms with Crippen LogP contribution < -0.4 is 16.2 Å². The molecule has 0 saturated carbocycles. The highest BCUT2D eigenvalue weighted by atomic mass is 32.2. The molecule has 0 atom stereocenters. The fourth-order valence-electron chi connectivity index (χ4n) is 1.69. The van der Waals surface area contributed by atoms with E-state index in [1.807, 2.05) is 12.1 Å². The predicted octanol–water partition coefficient (Wildman–Crippen LogP) is 1.53. The Hall–Kier alpha value is -2.05. The van der Waals surface area contributed by atoms with Gasteiger partial charge in [-0.15, -0.1) is 0 Å². The largest absolute Gasteiger partial charge is 0.399 e. The lowest BCUT2D eigenvalue weighted by Crippen LogP contribution is -2.15. The smallest absolute Gasteiger partial charge is 0.240 e. The highest BCUT2D eigenvalue weighted by Gasteiger charge is 2.12. The van der Waals surface area contributed by atoms with Gasteiger partial charge in [-0.1, -0.05) is 24.3 Å². The van der Waals surface area contributed by atoms with Crippen LogP contribution in [0.3, 0.4) is 0 Å². The number of para-hydroxylation sites is 1. The Morgan fingerprint density at radius 2 is 1.63 bits per heavy atom.